The highest BCUT2D eigenvalue weighted by molar-refractivity contribution is 6.43. The Hall–Kier alpha value is -3.17. The van der Waals surface area contributed by atoms with Gasteiger partial charge in [-0.25, -0.2) is 0 Å². The van der Waals surface area contributed by atoms with Crippen LogP contribution in [0.4, 0.5) is 0 Å². The molecule has 4 N–H and O–H groups in total. The number of carbonyl (C=O) groups is 2. The first-order valence-electron chi connectivity index (χ1n) is 10.6. The van der Waals surface area contributed by atoms with Gasteiger partial charge in [-0.1, -0.05) is 67.5 Å². The molecule has 168 valence electrons. The number of rotatable bonds is 9. The maximum atomic E-state index is 13.3. The Morgan fingerprint density at radius 2 is 1.72 bits per heavy atom. The number of amides is 2. The number of nitrogens with one attached hydrogen (secondary N) is 2. The van der Waals surface area contributed by atoms with Crippen molar-refractivity contribution in [2.75, 3.05) is 6.54 Å². The molecule has 32 heavy (non-hydrogen) atoms. The summed E-state index contributed by atoms with van der Waals surface area (Å²) in [6, 6.07) is 18.2. The molecule has 0 saturated heterocycles. The molecule has 0 bridgehead atoms. The number of benzene rings is 2. The lowest BCUT2D eigenvalue weighted by Crippen LogP contribution is -2.57. The molecule has 0 aromatic heterocycles. The highest BCUT2D eigenvalue weighted by Crippen LogP contribution is 2.29. The third kappa shape index (κ3) is 5.75. The average Bonchev–Trinajstić information content (AvgIpc) is 3.20. The molecule has 1 aliphatic heterocycles. The van der Waals surface area contributed by atoms with E-state index in [0.717, 1.165) is 5.56 Å². The van der Waals surface area contributed by atoms with Crippen LogP contribution >= 0.6 is 0 Å². The minimum Gasteiger partial charge on any atom is -0.426 e. The molecule has 0 saturated carbocycles. The van der Waals surface area contributed by atoms with Crippen molar-refractivity contribution in [1.29, 1.82) is 0 Å². The molecular weight excluding hydrogens is 409 g/mol. The number of hydrogen-bond donors (Lipinski definition) is 4. The quantitative estimate of drug-likeness (QED) is 0.441. The molecule has 0 aliphatic carbocycles. The number of carbonyl (C=O) groups excluding carboxylic acids is 2. The van der Waals surface area contributed by atoms with Gasteiger partial charge in [0.05, 0.1) is 18.2 Å². The molecule has 3 rings (SSSR count). The van der Waals surface area contributed by atoms with Gasteiger partial charge in [-0.05, 0) is 23.6 Å². The second-order valence-electron chi connectivity index (χ2n) is 8.29. The summed E-state index contributed by atoms with van der Waals surface area (Å²) in [5.41, 5.74) is 0.567. The lowest BCUT2D eigenvalue weighted by molar-refractivity contribution is -0.144. The molecule has 0 spiro atoms. The summed E-state index contributed by atoms with van der Waals surface area (Å²) in [7, 11) is -1.71. The van der Waals surface area contributed by atoms with E-state index in [1.807, 2.05) is 36.4 Å². The van der Waals surface area contributed by atoms with Gasteiger partial charge in [0.25, 0.3) is 11.8 Å². The van der Waals surface area contributed by atoms with Crippen LogP contribution in [-0.2, 0) is 16.1 Å². The fourth-order valence-electron chi connectivity index (χ4n) is 3.61. The van der Waals surface area contributed by atoms with Crippen molar-refractivity contribution in [3.63, 3.8) is 0 Å². The summed E-state index contributed by atoms with van der Waals surface area (Å²) in [5, 5.41) is 28.9. The van der Waals surface area contributed by atoms with Gasteiger partial charge in [-0.3, -0.25) is 9.59 Å². The summed E-state index contributed by atoms with van der Waals surface area (Å²) in [5.74, 6) is -1.80. The van der Waals surface area contributed by atoms with Crippen molar-refractivity contribution in [1.82, 2.24) is 10.6 Å². The third-order valence-corrected chi connectivity index (χ3v) is 5.41. The number of oxime groups is 1. The highest BCUT2D eigenvalue weighted by Gasteiger charge is 2.48. The van der Waals surface area contributed by atoms with Crippen molar-refractivity contribution in [2.24, 2.45) is 11.1 Å². The Labute approximate surface area is 187 Å². The van der Waals surface area contributed by atoms with Crippen LogP contribution in [0.5, 0.6) is 0 Å². The standard InChI is InChI=1S/C23H28BN3O5/c1-16(2)20(24(30)31)26-22(29)23(13-17-9-5-3-6-10-17)14-19(27-32-23)15-25-21(28)18-11-7-4-8-12-18/h3-12,16,20,30-31H,13-15H2,1-2H3,(H,25,28)(H,26,29)/t20-,23?/m0/s1. The Morgan fingerprint density at radius 1 is 1.09 bits per heavy atom. The summed E-state index contributed by atoms with van der Waals surface area (Å²) >= 11 is 0. The fraction of sp³-hybridized carbons (Fsp3) is 0.348. The Bertz CT molecular complexity index is 945. The van der Waals surface area contributed by atoms with Gasteiger partial charge in [-0.15, -0.1) is 0 Å². The molecular formula is C23H28BN3O5. The zero-order valence-corrected chi connectivity index (χ0v) is 18.2. The zero-order valence-electron chi connectivity index (χ0n) is 18.2. The first-order valence-corrected chi connectivity index (χ1v) is 10.6. The van der Waals surface area contributed by atoms with Crippen LogP contribution in [0, 0.1) is 5.92 Å². The molecule has 9 heteroatoms. The summed E-state index contributed by atoms with van der Waals surface area (Å²) < 4.78 is 0. The average molecular weight is 437 g/mol. The summed E-state index contributed by atoms with van der Waals surface area (Å²) in [6.45, 7) is 3.70. The minimum atomic E-state index is -1.71. The van der Waals surface area contributed by atoms with Crippen LogP contribution in [0.25, 0.3) is 0 Å². The lowest BCUT2D eigenvalue weighted by Gasteiger charge is -2.29. The van der Waals surface area contributed by atoms with Gasteiger partial charge in [-0.2, -0.15) is 0 Å². The molecule has 1 unspecified atom stereocenters. The van der Waals surface area contributed by atoms with E-state index < -0.39 is 24.6 Å². The van der Waals surface area contributed by atoms with E-state index in [-0.39, 0.29) is 31.2 Å². The largest absolute Gasteiger partial charge is 0.475 e. The molecule has 8 nitrogen and oxygen atoms in total. The van der Waals surface area contributed by atoms with Crippen LogP contribution in [-0.4, -0.2) is 52.8 Å². The van der Waals surface area contributed by atoms with Crippen LogP contribution < -0.4 is 10.6 Å². The van der Waals surface area contributed by atoms with Crippen molar-refractivity contribution >= 4 is 24.6 Å². The fourth-order valence-corrected chi connectivity index (χ4v) is 3.61. The Kier molecular flexibility index (Phi) is 7.66. The normalized spacial score (nSPS) is 18.5. The van der Waals surface area contributed by atoms with Crippen molar-refractivity contribution < 1.29 is 24.5 Å². The second-order valence-corrected chi connectivity index (χ2v) is 8.29. The van der Waals surface area contributed by atoms with E-state index >= 15 is 0 Å². The molecule has 2 aromatic rings. The van der Waals surface area contributed by atoms with Crippen LogP contribution in [0.3, 0.4) is 0 Å². The Balaban J connectivity index is 1.73. The van der Waals surface area contributed by atoms with Gasteiger partial charge < -0.3 is 25.5 Å². The van der Waals surface area contributed by atoms with Gasteiger partial charge in [0.1, 0.15) is 0 Å². The SMILES string of the molecule is CC(C)[C@H](NC(=O)C1(Cc2ccccc2)CC(CNC(=O)c2ccccc2)=NO1)B(O)O. The van der Waals surface area contributed by atoms with E-state index in [1.165, 1.54) is 0 Å². The molecule has 2 aromatic carbocycles. The molecule has 2 atom stereocenters. The number of hydrogen-bond acceptors (Lipinski definition) is 6. The van der Waals surface area contributed by atoms with E-state index in [2.05, 4.69) is 15.8 Å². The first kappa shape index (κ1) is 23.5. The first-order chi connectivity index (χ1) is 15.3. The van der Waals surface area contributed by atoms with E-state index in [0.29, 0.717) is 11.3 Å². The van der Waals surface area contributed by atoms with Crippen LogP contribution in [0.15, 0.2) is 65.8 Å². The molecule has 1 heterocycles. The number of nitrogens with zero attached hydrogens (tertiary/aromatic N) is 1. The van der Waals surface area contributed by atoms with Crippen molar-refractivity contribution in [2.45, 2.75) is 38.2 Å². The molecule has 1 aliphatic rings. The summed E-state index contributed by atoms with van der Waals surface area (Å²) in [6.07, 6.45) is 0.404. The monoisotopic (exact) mass is 437 g/mol. The minimum absolute atomic E-state index is 0.133. The highest BCUT2D eigenvalue weighted by atomic mass is 16.7. The summed E-state index contributed by atoms with van der Waals surface area (Å²) in [4.78, 5) is 31.3. The zero-order chi connectivity index (χ0) is 23.1. The van der Waals surface area contributed by atoms with Crippen molar-refractivity contribution in [3.05, 3.63) is 71.8 Å². The van der Waals surface area contributed by atoms with Crippen LogP contribution in [0.1, 0.15) is 36.2 Å². The van der Waals surface area contributed by atoms with Gasteiger partial charge >= 0.3 is 7.12 Å². The second kappa shape index (κ2) is 10.4. The lowest BCUT2D eigenvalue weighted by atomic mass is 9.72. The van der Waals surface area contributed by atoms with E-state index in [1.54, 1.807) is 38.1 Å². The predicted octanol–water partition coefficient (Wildman–Crippen LogP) is 1.33. The van der Waals surface area contributed by atoms with E-state index in [9.17, 15) is 19.6 Å². The Morgan fingerprint density at radius 3 is 2.31 bits per heavy atom. The van der Waals surface area contributed by atoms with Gasteiger partial charge in [0.15, 0.2) is 0 Å². The van der Waals surface area contributed by atoms with E-state index in [4.69, 9.17) is 4.84 Å². The maximum absolute atomic E-state index is 13.3. The topological polar surface area (TPSA) is 120 Å². The molecule has 0 fully saturated rings. The smallest absolute Gasteiger partial charge is 0.426 e. The van der Waals surface area contributed by atoms with Gasteiger partial charge in [0.2, 0.25) is 5.60 Å². The van der Waals surface area contributed by atoms with Gasteiger partial charge in [0, 0.05) is 18.4 Å². The van der Waals surface area contributed by atoms with Crippen LogP contribution in [0.2, 0.25) is 0 Å². The van der Waals surface area contributed by atoms with Crippen molar-refractivity contribution in [3.8, 4) is 0 Å². The third-order valence-electron chi connectivity index (χ3n) is 5.41. The maximum Gasteiger partial charge on any atom is 0.475 e. The molecule has 2 amide bonds. The molecule has 0 radical (unpaired) electrons. The predicted molar refractivity (Wildman–Crippen MR) is 122 cm³/mol.